The molecule has 1 atom stereocenters. The molecule has 4 aromatic rings. The Morgan fingerprint density at radius 2 is 1.91 bits per heavy atom. The van der Waals surface area contributed by atoms with Crippen molar-refractivity contribution < 1.29 is 4.79 Å². The Labute approximate surface area is 193 Å². The number of aromatic nitrogens is 3. The van der Waals surface area contributed by atoms with Crippen molar-refractivity contribution in [2.24, 2.45) is 0 Å². The first-order valence-electron chi connectivity index (χ1n) is 10.7. The van der Waals surface area contributed by atoms with E-state index in [1.54, 1.807) is 6.20 Å². The van der Waals surface area contributed by atoms with E-state index in [2.05, 4.69) is 37.1 Å². The second kappa shape index (κ2) is 8.75. The van der Waals surface area contributed by atoms with E-state index in [-0.39, 0.29) is 17.2 Å². The van der Waals surface area contributed by atoms with E-state index in [0.717, 1.165) is 33.4 Å². The Bertz CT molecular complexity index is 1270. The summed E-state index contributed by atoms with van der Waals surface area (Å²) in [4.78, 5) is 17.3. The van der Waals surface area contributed by atoms with Gasteiger partial charge in [-0.15, -0.1) is 0 Å². The van der Waals surface area contributed by atoms with E-state index >= 15 is 0 Å². The Morgan fingerprint density at radius 3 is 2.66 bits per heavy atom. The molecule has 0 spiro atoms. The molecule has 6 heteroatoms. The molecule has 2 aromatic heterocycles. The van der Waals surface area contributed by atoms with Crippen LogP contribution in [-0.4, -0.2) is 20.7 Å². The average Bonchev–Trinajstić information content (AvgIpc) is 3.21. The zero-order chi connectivity index (χ0) is 22.9. The van der Waals surface area contributed by atoms with Gasteiger partial charge in [-0.25, -0.2) is 4.68 Å². The van der Waals surface area contributed by atoms with Gasteiger partial charge in [0.1, 0.15) is 0 Å². The highest BCUT2D eigenvalue weighted by Gasteiger charge is 2.22. The normalized spacial score (nSPS) is 12.7. The van der Waals surface area contributed by atoms with Crippen LogP contribution in [0.25, 0.3) is 16.5 Å². The monoisotopic (exact) mass is 446 g/mol. The molecule has 32 heavy (non-hydrogen) atoms. The first kappa shape index (κ1) is 22.0. The summed E-state index contributed by atoms with van der Waals surface area (Å²) in [6.45, 7) is 8.66. The summed E-state index contributed by atoms with van der Waals surface area (Å²) < 4.78 is 1.86. The van der Waals surface area contributed by atoms with Gasteiger partial charge in [-0.3, -0.25) is 9.78 Å². The maximum absolute atomic E-state index is 13.1. The van der Waals surface area contributed by atoms with Crippen LogP contribution < -0.4 is 5.32 Å². The van der Waals surface area contributed by atoms with Crippen LogP contribution in [0.3, 0.4) is 0 Å². The predicted molar refractivity (Wildman–Crippen MR) is 129 cm³/mol. The molecule has 0 aliphatic carbocycles. The number of nitrogens with zero attached hydrogens (tertiary/aromatic N) is 3. The summed E-state index contributed by atoms with van der Waals surface area (Å²) in [7, 11) is 0. The lowest BCUT2D eigenvalue weighted by Crippen LogP contribution is -2.28. The quantitative estimate of drug-likeness (QED) is 0.422. The fourth-order valence-corrected chi connectivity index (χ4v) is 3.93. The summed E-state index contributed by atoms with van der Waals surface area (Å²) in [6.07, 6.45) is 3.58. The SMILES string of the molecule is CC(C(=O)NCc1cc(C(C)(C)C)nn1-c1cccc(Cl)c1)c1cccc2cnccc12. The van der Waals surface area contributed by atoms with E-state index < -0.39 is 0 Å². The molecule has 1 amide bonds. The number of nitrogens with one attached hydrogen (secondary N) is 1. The van der Waals surface area contributed by atoms with Gasteiger partial charge in [0.25, 0.3) is 0 Å². The summed E-state index contributed by atoms with van der Waals surface area (Å²) in [6, 6.07) is 17.6. The van der Waals surface area contributed by atoms with Gasteiger partial charge < -0.3 is 5.32 Å². The molecular weight excluding hydrogens is 420 g/mol. The number of benzene rings is 2. The van der Waals surface area contributed by atoms with Gasteiger partial charge >= 0.3 is 0 Å². The Kier molecular flexibility index (Phi) is 6.02. The van der Waals surface area contributed by atoms with Gasteiger partial charge in [-0.1, -0.05) is 56.6 Å². The highest BCUT2D eigenvalue weighted by atomic mass is 35.5. The van der Waals surface area contributed by atoms with Crippen molar-refractivity contribution in [1.29, 1.82) is 0 Å². The van der Waals surface area contributed by atoms with Crippen LogP contribution in [0.2, 0.25) is 5.02 Å². The first-order valence-corrected chi connectivity index (χ1v) is 11.1. The summed E-state index contributed by atoms with van der Waals surface area (Å²) in [5.74, 6) is -0.337. The van der Waals surface area contributed by atoms with E-state index in [4.69, 9.17) is 16.7 Å². The highest BCUT2D eigenvalue weighted by molar-refractivity contribution is 6.30. The Hall–Kier alpha value is -3.18. The number of halogens is 1. The van der Waals surface area contributed by atoms with Crippen LogP contribution in [-0.2, 0) is 16.8 Å². The van der Waals surface area contributed by atoms with Crippen molar-refractivity contribution in [1.82, 2.24) is 20.1 Å². The first-order chi connectivity index (χ1) is 15.2. The Balaban J connectivity index is 1.60. The Morgan fingerprint density at radius 1 is 1.12 bits per heavy atom. The number of amides is 1. The van der Waals surface area contributed by atoms with Gasteiger partial charge in [0, 0.05) is 28.2 Å². The molecule has 2 aromatic carbocycles. The lowest BCUT2D eigenvalue weighted by molar-refractivity contribution is -0.122. The minimum Gasteiger partial charge on any atom is -0.350 e. The molecule has 2 heterocycles. The van der Waals surface area contributed by atoms with E-state index in [9.17, 15) is 4.79 Å². The third-order valence-corrected chi connectivity index (χ3v) is 5.86. The van der Waals surface area contributed by atoms with E-state index in [1.165, 1.54) is 0 Å². The maximum Gasteiger partial charge on any atom is 0.227 e. The number of hydrogen-bond donors (Lipinski definition) is 1. The molecule has 0 saturated heterocycles. The molecule has 0 fully saturated rings. The molecule has 0 saturated carbocycles. The second-order valence-electron chi connectivity index (χ2n) is 9.05. The van der Waals surface area contributed by atoms with Crippen molar-refractivity contribution in [3.8, 4) is 5.69 Å². The number of rotatable bonds is 5. The average molecular weight is 447 g/mol. The molecule has 164 valence electrons. The van der Waals surface area contributed by atoms with Crippen molar-refractivity contribution in [2.45, 2.75) is 45.6 Å². The fourth-order valence-electron chi connectivity index (χ4n) is 3.74. The molecule has 5 nitrogen and oxygen atoms in total. The second-order valence-corrected chi connectivity index (χ2v) is 9.48. The largest absolute Gasteiger partial charge is 0.350 e. The van der Waals surface area contributed by atoms with Crippen LogP contribution in [0.4, 0.5) is 0 Å². The van der Waals surface area contributed by atoms with E-state index in [1.807, 2.05) is 66.3 Å². The molecule has 0 bridgehead atoms. The van der Waals surface area contributed by atoms with Crippen LogP contribution in [0.5, 0.6) is 0 Å². The van der Waals surface area contributed by atoms with Gasteiger partial charge in [0.2, 0.25) is 5.91 Å². The lowest BCUT2D eigenvalue weighted by Gasteiger charge is -2.15. The standard InChI is InChI=1S/C26H27ClN4O/c1-17(22-10-5-7-18-15-28-12-11-23(18)22)25(32)29-16-21-14-24(26(2,3)4)30-31(21)20-9-6-8-19(27)13-20/h5-15,17H,16H2,1-4H3,(H,29,32). The molecular formula is C26H27ClN4O. The van der Waals surface area contributed by atoms with Crippen LogP contribution in [0.15, 0.2) is 67.0 Å². The van der Waals surface area contributed by atoms with Crippen molar-refractivity contribution in [3.63, 3.8) is 0 Å². The van der Waals surface area contributed by atoms with Crippen molar-refractivity contribution in [2.75, 3.05) is 0 Å². The van der Waals surface area contributed by atoms with Crippen molar-refractivity contribution >= 4 is 28.3 Å². The van der Waals surface area contributed by atoms with Crippen LogP contribution in [0.1, 0.15) is 50.6 Å². The minimum absolute atomic E-state index is 0.0366. The van der Waals surface area contributed by atoms with Gasteiger partial charge in [0.05, 0.1) is 29.5 Å². The summed E-state index contributed by atoms with van der Waals surface area (Å²) in [5.41, 5.74) is 3.59. The fraction of sp³-hybridized carbons (Fsp3) is 0.269. The molecule has 4 rings (SSSR count). The van der Waals surface area contributed by atoms with Gasteiger partial charge in [0.15, 0.2) is 0 Å². The number of carbonyl (C=O) groups excluding carboxylic acids is 1. The zero-order valence-electron chi connectivity index (χ0n) is 18.8. The van der Waals surface area contributed by atoms with Gasteiger partial charge in [-0.2, -0.15) is 5.10 Å². The van der Waals surface area contributed by atoms with Gasteiger partial charge in [-0.05, 0) is 48.2 Å². The molecule has 0 radical (unpaired) electrons. The summed E-state index contributed by atoms with van der Waals surface area (Å²) >= 11 is 6.21. The number of pyridine rings is 1. The topological polar surface area (TPSA) is 59.8 Å². The third kappa shape index (κ3) is 4.53. The number of fused-ring (bicyclic) bond motifs is 1. The van der Waals surface area contributed by atoms with Crippen molar-refractivity contribution in [3.05, 3.63) is 89.0 Å². The molecule has 0 aliphatic rings. The smallest absolute Gasteiger partial charge is 0.227 e. The predicted octanol–water partition coefficient (Wildman–Crippen LogP) is 5.79. The lowest BCUT2D eigenvalue weighted by atomic mass is 9.92. The third-order valence-electron chi connectivity index (χ3n) is 5.62. The maximum atomic E-state index is 13.1. The van der Waals surface area contributed by atoms with Crippen LogP contribution in [0, 0.1) is 0 Å². The molecule has 0 aliphatic heterocycles. The zero-order valence-corrected chi connectivity index (χ0v) is 19.5. The van der Waals surface area contributed by atoms with E-state index in [0.29, 0.717) is 11.6 Å². The minimum atomic E-state index is -0.300. The van der Waals surface area contributed by atoms with Crippen LogP contribution >= 0.6 is 11.6 Å². The number of hydrogen-bond acceptors (Lipinski definition) is 3. The molecule has 1 unspecified atom stereocenters. The number of carbonyl (C=O) groups is 1. The molecule has 1 N–H and O–H groups in total. The summed E-state index contributed by atoms with van der Waals surface area (Å²) in [5, 5.41) is 10.6. The highest BCUT2D eigenvalue weighted by Crippen LogP contribution is 2.27.